The summed E-state index contributed by atoms with van der Waals surface area (Å²) in [5, 5.41) is 2.66. The Kier molecular flexibility index (Phi) is 3.66. The second kappa shape index (κ2) is 5.61. The maximum absolute atomic E-state index is 13.1. The predicted octanol–water partition coefficient (Wildman–Crippen LogP) is 3.14. The Hall–Kier alpha value is -2.27. The minimum Gasteiger partial charge on any atom is -0.454 e. The van der Waals surface area contributed by atoms with Crippen LogP contribution in [0.4, 0.5) is 4.39 Å². The van der Waals surface area contributed by atoms with Crippen molar-refractivity contribution in [2.24, 2.45) is 0 Å². The van der Waals surface area contributed by atoms with Crippen molar-refractivity contribution in [3.05, 3.63) is 58.4 Å². The topological polar surface area (TPSA) is 47.6 Å². The number of fused-ring (bicyclic) bond motifs is 1. The minimum absolute atomic E-state index is 0.0780. The monoisotopic (exact) mass is 307 g/mol. The van der Waals surface area contributed by atoms with Crippen molar-refractivity contribution in [3.63, 3.8) is 0 Å². The van der Waals surface area contributed by atoms with Crippen LogP contribution < -0.4 is 14.8 Å². The molecule has 0 saturated carbocycles. The summed E-state index contributed by atoms with van der Waals surface area (Å²) in [6, 6.07) is 9.28. The molecule has 0 unspecified atom stereocenters. The molecule has 0 fully saturated rings. The van der Waals surface area contributed by atoms with Gasteiger partial charge in [0.05, 0.1) is 5.02 Å². The number of halogens is 2. The summed E-state index contributed by atoms with van der Waals surface area (Å²) < 4.78 is 23.5. The Balaban J connectivity index is 1.67. The van der Waals surface area contributed by atoms with Crippen LogP contribution in [0, 0.1) is 5.82 Å². The molecule has 3 rings (SSSR count). The van der Waals surface area contributed by atoms with Gasteiger partial charge in [-0.1, -0.05) is 17.7 Å². The fraction of sp³-hybridized carbons (Fsp3) is 0.133. The summed E-state index contributed by atoms with van der Waals surface area (Å²) in [6.45, 7) is 0.531. The van der Waals surface area contributed by atoms with Gasteiger partial charge in [-0.25, -0.2) is 4.39 Å². The largest absolute Gasteiger partial charge is 0.454 e. The van der Waals surface area contributed by atoms with Crippen LogP contribution in [0.3, 0.4) is 0 Å². The van der Waals surface area contributed by atoms with Crippen LogP contribution in [0.15, 0.2) is 36.4 Å². The zero-order valence-corrected chi connectivity index (χ0v) is 11.6. The molecule has 0 bridgehead atoms. The zero-order valence-electron chi connectivity index (χ0n) is 10.9. The zero-order chi connectivity index (χ0) is 14.8. The van der Waals surface area contributed by atoms with Gasteiger partial charge in [0.2, 0.25) is 6.79 Å². The maximum Gasteiger partial charge on any atom is 0.251 e. The lowest BCUT2D eigenvalue weighted by Gasteiger charge is -2.07. The van der Waals surface area contributed by atoms with Gasteiger partial charge in [0.1, 0.15) is 5.82 Å². The molecule has 1 amide bonds. The second-order valence-electron chi connectivity index (χ2n) is 4.50. The molecule has 4 nitrogen and oxygen atoms in total. The van der Waals surface area contributed by atoms with Crippen molar-refractivity contribution < 1.29 is 18.7 Å². The lowest BCUT2D eigenvalue weighted by molar-refractivity contribution is 0.0951. The third-order valence-electron chi connectivity index (χ3n) is 3.07. The number of hydrogen-bond acceptors (Lipinski definition) is 3. The SMILES string of the molecule is O=C(NCc1ccc2c(c1)OCO2)c1ccc(F)c(Cl)c1. The lowest BCUT2D eigenvalue weighted by Crippen LogP contribution is -2.22. The molecule has 0 aromatic heterocycles. The first-order valence-corrected chi connectivity index (χ1v) is 6.63. The molecule has 1 aliphatic heterocycles. The lowest BCUT2D eigenvalue weighted by atomic mass is 10.1. The van der Waals surface area contributed by atoms with Gasteiger partial charge in [0.25, 0.3) is 5.91 Å². The molecule has 108 valence electrons. The average Bonchev–Trinajstić information content (AvgIpc) is 2.95. The maximum atomic E-state index is 13.1. The number of benzene rings is 2. The summed E-state index contributed by atoms with van der Waals surface area (Å²) in [5.41, 5.74) is 1.18. The van der Waals surface area contributed by atoms with Crippen LogP contribution in [0.25, 0.3) is 0 Å². The van der Waals surface area contributed by atoms with E-state index in [9.17, 15) is 9.18 Å². The van der Waals surface area contributed by atoms with Crippen molar-refractivity contribution >= 4 is 17.5 Å². The molecular weight excluding hydrogens is 297 g/mol. The van der Waals surface area contributed by atoms with E-state index in [1.807, 2.05) is 6.07 Å². The fourth-order valence-corrected chi connectivity index (χ4v) is 2.15. The van der Waals surface area contributed by atoms with E-state index in [2.05, 4.69) is 5.32 Å². The highest BCUT2D eigenvalue weighted by Crippen LogP contribution is 2.32. The number of carbonyl (C=O) groups excluding carboxylic acids is 1. The van der Waals surface area contributed by atoms with Gasteiger partial charge >= 0.3 is 0 Å². The molecule has 1 heterocycles. The van der Waals surface area contributed by atoms with E-state index >= 15 is 0 Å². The molecule has 21 heavy (non-hydrogen) atoms. The first-order chi connectivity index (χ1) is 10.1. The van der Waals surface area contributed by atoms with Crippen LogP contribution in [0.2, 0.25) is 5.02 Å². The summed E-state index contributed by atoms with van der Waals surface area (Å²) in [7, 11) is 0. The Morgan fingerprint density at radius 1 is 1.19 bits per heavy atom. The Bertz CT molecular complexity index is 705. The van der Waals surface area contributed by atoms with E-state index in [4.69, 9.17) is 21.1 Å². The third-order valence-corrected chi connectivity index (χ3v) is 3.36. The molecule has 0 atom stereocenters. The molecule has 0 spiro atoms. The summed E-state index contributed by atoms with van der Waals surface area (Å²) in [6.07, 6.45) is 0. The Morgan fingerprint density at radius 3 is 2.81 bits per heavy atom. The standard InChI is InChI=1S/C15H11ClFNO3/c16-11-6-10(2-3-12(11)17)15(19)18-7-9-1-4-13-14(5-9)21-8-20-13/h1-6H,7-8H2,(H,18,19). The van der Waals surface area contributed by atoms with E-state index in [1.165, 1.54) is 12.1 Å². The number of amides is 1. The average molecular weight is 308 g/mol. The van der Waals surface area contributed by atoms with Gasteiger partial charge in [-0.15, -0.1) is 0 Å². The van der Waals surface area contributed by atoms with E-state index in [0.717, 1.165) is 11.6 Å². The van der Waals surface area contributed by atoms with Crippen LogP contribution in [-0.2, 0) is 6.54 Å². The van der Waals surface area contributed by atoms with Gasteiger partial charge in [0, 0.05) is 12.1 Å². The van der Waals surface area contributed by atoms with Crippen molar-refractivity contribution in [3.8, 4) is 11.5 Å². The van der Waals surface area contributed by atoms with E-state index < -0.39 is 5.82 Å². The van der Waals surface area contributed by atoms with E-state index in [-0.39, 0.29) is 17.7 Å². The highest BCUT2D eigenvalue weighted by atomic mass is 35.5. The van der Waals surface area contributed by atoms with Crippen molar-refractivity contribution in [2.75, 3.05) is 6.79 Å². The van der Waals surface area contributed by atoms with Crippen LogP contribution in [0.5, 0.6) is 11.5 Å². The van der Waals surface area contributed by atoms with Crippen molar-refractivity contribution in [1.29, 1.82) is 0 Å². The van der Waals surface area contributed by atoms with Gasteiger partial charge in [-0.05, 0) is 35.9 Å². The molecule has 1 aliphatic rings. The number of rotatable bonds is 3. The smallest absolute Gasteiger partial charge is 0.251 e. The highest BCUT2D eigenvalue weighted by Gasteiger charge is 2.14. The van der Waals surface area contributed by atoms with Gasteiger partial charge in [0.15, 0.2) is 11.5 Å². The number of ether oxygens (including phenoxy) is 2. The highest BCUT2D eigenvalue weighted by molar-refractivity contribution is 6.31. The molecule has 0 radical (unpaired) electrons. The molecule has 2 aromatic rings. The fourth-order valence-electron chi connectivity index (χ4n) is 1.97. The summed E-state index contributed by atoms with van der Waals surface area (Å²) >= 11 is 5.65. The molecule has 1 N–H and O–H groups in total. The minimum atomic E-state index is -0.552. The van der Waals surface area contributed by atoms with E-state index in [0.29, 0.717) is 23.6 Å². The normalized spacial score (nSPS) is 12.3. The quantitative estimate of drug-likeness (QED) is 0.947. The Labute approximate surface area is 125 Å². The van der Waals surface area contributed by atoms with Crippen molar-refractivity contribution in [1.82, 2.24) is 5.32 Å². The first-order valence-electron chi connectivity index (χ1n) is 6.25. The first kappa shape index (κ1) is 13.7. The molecule has 2 aromatic carbocycles. The van der Waals surface area contributed by atoms with Gasteiger partial charge < -0.3 is 14.8 Å². The van der Waals surface area contributed by atoms with Crippen LogP contribution in [0.1, 0.15) is 15.9 Å². The van der Waals surface area contributed by atoms with Crippen LogP contribution >= 0.6 is 11.6 Å². The molecule has 6 heteroatoms. The van der Waals surface area contributed by atoms with E-state index in [1.54, 1.807) is 12.1 Å². The number of nitrogens with one attached hydrogen (secondary N) is 1. The Morgan fingerprint density at radius 2 is 2.00 bits per heavy atom. The number of hydrogen-bond donors (Lipinski definition) is 1. The predicted molar refractivity (Wildman–Crippen MR) is 75.1 cm³/mol. The molecular formula is C15H11ClFNO3. The van der Waals surface area contributed by atoms with Gasteiger partial charge in [-0.2, -0.15) is 0 Å². The summed E-state index contributed by atoms with van der Waals surface area (Å²) in [5.74, 6) is 0.473. The number of carbonyl (C=O) groups is 1. The molecule has 0 aliphatic carbocycles. The third kappa shape index (κ3) is 2.92. The van der Waals surface area contributed by atoms with Crippen molar-refractivity contribution in [2.45, 2.75) is 6.54 Å². The van der Waals surface area contributed by atoms with Crippen LogP contribution in [-0.4, -0.2) is 12.7 Å². The second-order valence-corrected chi connectivity index (χ2v) is 4.91. The summed E-state index contributed by atoms with van der Waals surface area (Å²) in [4.78, 5) is 12.0. The van der Waals surface area contributed by atoms with Gasteiger partial charge in [-0.3, -0.25) is 4.79 Å². The molecule has 0 saturated heterocycles.